The largest absolute Gasteiger partial charge is 0.335 e. The maximum Gasteiger partial charge on any atom is 0.223 e. The lowest BCUT2D eigenvalue weighted by Crippen LogP contribution is -2.32. The lowest BCUT2D eigenvalue weighted by Gasteiger charge is -2.22. The minimum Gasteiger partial charge on any atom is -0.335 e. The molecule has 21 heavy (non-hydrogen) atoms. The summed E-state index contributed by atoms with van der Waals surface area (Å²) >= 11 is 1.66. The van der Waals surface area contributed by atoms with Crippen molar-refractivity contribution in [1.29, 1.82) is 0 Å². The van der Waals surface area contributed by atoms with Gasteiger partial charge in [0.05, 0.1) is 0 Å². The van der Waals surface area contributed by atoms with Gasteiger partial charge >= 0.3 is 0 Å². The van der Waals surface area contributed by atoms with Crippen molar-refractivity contribution < 1.29 is 9.18 Å². The van der Waals surface area contributed by atoms with E-state index in [1.807, 2.05) is 10.3 Å². The summed E-state index contributed by atoms with van der Waals surface area (Å²) in [5.41, 5.74) is 2.22. The Labute approximate surface area is 128 Å². The molecule has 4 heteroatoms. The number of hydrogen-bond acceptors (Lipinski definition) is 2. The number of nitrogens with zero attached hydrogens (tertiary/aromatic N) is 1. The fraction of sp³-hybridized carbons (Fsp3) is 0.353. The quantitative estimate of drug-likeness (QED) is 0.789. The van der Waals surface area contributed by atoms with Crippen molar-refractivity contribution in [3.05, 3.63) is 58.0 Å². The number of carbonyl (C=O) groups is 1. The van der Waals surface area contributed by atoms with Crippen molar-refractivity contribution in [2.75, 3.05) is 0 Å². The van der Waals surface area contributed by atoms with E-state index in [0.29, 0.717) is 19.0 Å². The van der Waals surface area contributed by atoms with Gasteiger partial charge in [-0.15, -0.1) is 0 Å². The van der Waals surface area contributed by atoms with Crippen LogP contribution < -0.4 is 0 Å². The van der Waals surface area contributed by atoms with E-state index in [9.17, 15) is 9.18 Å². The predicted octanol–water partition coefficient (Wildman–Crippen LogP) is 4.01. The number of halogens is 1. The predicted molar refractivity (Wildman–Crippen MR) is 82.6 cm³/mol. The zero-order chi connectivity index (χ0) is 14.7. The molecule has 1 saturated carbocycles. The second-order valence-electron chi connectivity index (χ2n) is 5.51. The van der Waals surface area contributed by atoms with Crippen molar-refractivity contribution in [3.8, 4) is 0 Å². The average Bonchev–Trinajstić information content (AvgIpc) is 3.19. The third-order valence-electron chi connectivity index (χ3n) is 3.78. The van der Waals surface area contributed by atoms with Crippen molar-refractivity contribution in [2.45, 2.75) is 38.3 Å². The number of amides is 1. The van der Waals surface area contributed by atoms with Crippen molar-refractivity contribution >= 4 is 17.2 Å². The highest BCUT2D eigenvalue weighted by Crippen LogP contribution is 2.29. The molecule has 0 spiro atoms. The lowest BCUT2D eigenvalue weighted by molar-refractivity contribution is -0.132. The molecule has 1 aliphatic carbocycles. The third-order valence-corrected chi connectivity index (χ3v) is 4.51. The van der Waals surface area contributed by atoms with Gasteiger partial charge in [0.25, 0.3) is 0 Å². The van der Waals surface area contributed by atoms with Gasteiger partial charge in [0.2, 0.25) is 5.91 Å². The number of thiophene rings is 1. The molecule has 1 heterocycles. The van der Waals surface area contributed by atoms with Gasteiger partial charge in [-0.05, 0) is 59.3 Å². The maximum absolute atomic E-state index is 13.0. The van der Waals surface area contributed by atoms with Crippen molar-refractivity contribution in [1.82, 2.24) is 4.90 Å². The summed E-state index contributed by atoms with van der Waals surface area (Å²) in [6, 6.07) is 8.88. The number of benzene rings is 1. The van der Waals surface area contributed by atoms with Gasteiger partial charge in [0, 0.05) is 19.0 Å². The second kappa shape index (κ2) is 6.39. The average molecular weight is 303 g/mol. The highest BCUT2D eigenvalue weighted by atomic mass is 32.1. The van der Waals surface area contributed by atoms with Gasteiger partial charge < -0.3 is 4.90 Å². The first-order valence-corrected chi connectivity index (χ1v) is 8.21. The van der Waals surface area contributed by atoms with E-state index < -0.39 is 0 Å². The van der Waals surface area contributed by atoms with Gasteiger partial charge in [-0.2, -0.15) is 11.3 Å². The maximum atomic E-state index is 13.0. The van der Waals surface area contributed by atoms with Crippen LogP contribution in [0.15, 0.2) is 41.1 Å². The lowest BCUT2D eigenvalue weighted by atomic mass is 10.1. The Kier molecular flexibility index (Phi) is 4.34. The van der Waals surface area contributed by atoms with E-state index in [-0.39, 0.29) is 11.7 Å². The minimum atomic E-state index is -0.236. The number of rotatable bonds is 6. The van der Waals surface area contributed by atoms with E-state index >= 15 is 0 Å². The molecule has 0 aliphatic heterocycles. The molecular formula is C17H18FNOS. The molecule has 1 aromatic carbocycles. The molecule has 1 amide bonds. The van der Waals surface area contributed by atoms with Crippen LogP contribution in [-0.2, 0) is 17.8 Å². The molecule has 0 unspecified atom stereocenters. The van der Waals surface area contributed by atoms with Crippen LogP contribution in [-0.4, -0.2) is 16.8 Å². The van der Waals surface area contributed by atoms with Crippen LogP contribution in [0.1, 0.15) is 30.4 Å². The van der Waals surface area contributed by atoms with E-state index in [1.54, 1.807) is 23.5 Å². The normalized spacial score (nSPS) is 14.1. The highest BCUT2D eigenvalue weighted by Gasteiger charge is 2.32. The molecule has 0 saturated heterocycles. The van der Waals surface area contributed by atoms with Crippen LogP contribution in [0.25, 0.3) is 0 Å². The van der Waals surface area contributed by atoms with E-state index in [0.717, 1.165) is 24.8 Å². The van der Waals surface area contributed by atoms with Crippen LogP contribution in [0.4, 0.5) is 4.39 Å². The van der Waals surface area contributed by atoms with E-state index in [1.165, 1.54) is 17.7 Å². The summed E-state index contributed by atoms with van der Waals surface area (Å²) in [6.45, 7) is 0.591. The van der Waals surface area contributed by atoms with Gasteiger partial charge in [0.1, 0.15) is 5.82 Å². The monoisotopic (exact) mass is 303 g/mol. The Morgan fingerprint density at radius 2 is 1.95 bits per heavy atom. The zero-order valence-electron chi connectivity index (χ0n) is 11.8. The molecule has 0 bridgehead atoms. The summed E-state index contributed by atoms with van der Waals surface area (Å²) in [7, 11) is 0. The summed E-state index contributed by atoms with van der Waals surface area (Å²) in [5.74, 6) is -0.0338. The van der Waals surface area contributed by atoms with Crippen LogP contribution in [0, 0.1) is 5.82 Å². The van der Waals surface area contributed by atoms with Crippen LogP contribution in [0.5, 0.6) is 0 Å². The first-order valence-electron chi connectivity index (χ1n) is 7.27. The van der Waals surface area contributed by atoms with Crippen LogP contribution >= 0.6 is 11.3 Å². The number of aryl methyl sites for hydroxylation is 1. The van der Waals surface area contributed by atoms with Crippen LogP contribution in [0.3, 0.4) is 0 Å². The molecule has 3 rings (SSSR count). The molecule has 1 aromatic heterocycles. The highest BCUT2D eigenvalue weighted by molar-refractivity contribution is 7.07. The Morgan fingerprint density at radius 3 is 2.57 bits per heavy atom. The SMILES string of the molecule is O=C(CCc1ccsc1)N(Cc1ccc(F)cc1)C1CC1. The minimum absolute atomic E-state index is 0.202. The van der Waals surface area contributed by atoms with Crippen molar-refractivity contribution in [3.63, 3.8) is 0 Å². The first kappa shape index (κ1) is 14.3. The molecular weight excluding hydrogens is 285 g/mol. The molecule has 0 atom stereocenters. The van der Waals surface area contributed by atoms with Gasteiger partial charge in [-0.1, -0.05) is 12.1 Å². The third kappa shape index (κ3) is 3.91. The number of hydrogen-bond donors (Lipinski definition) is 0. The summed E-state index contributed by atoms with van der Waals surface area (Å²) in [6.07, 6.45) is 3.53. The summed E-state index contributed by atoms with van der Waals surface area (Å²) in [4.78, 5) is 14.4. The Balaban J connectivity index is 1.61. The summed E-state index contributed by atoms with van der Waals surface area (Å²) < 4.78 is 13.0. The Morgan fingerprint density at radius 1 is 1.19 bits per heavy atom. The second-order valence-corrected chi connectivity index (χ2v) is 6.29. The Bertz CT molecular complexity index is 590. The van der Waals surface area contributed by atoms with E-state index in [4.69, 9.17) is 0 Å². The fourth-order valence-corrected chi connectivity index (χ4v) is 3.13. The molecule has 2 aromatic rings. The van der Waals surface area contributed by atoms with Crippen molar-refractivity contribution in [2.24, 2.45) is 0 Å². The number of carbonyl (C=O) groups excluding carboxylic acids is 1. The smallest absolute Gasteiger partial charge is 0.223 e. The fourth-order valence-electron chi connectivity index (χ4n) is 2.42. The van der Waals surface area contributed by atoms with Crippen LogP contribution in [0.2, 0.25) is 0 Å². The van der Waals surface area contributed by atoms with Gasteiger partial charge in [0.15, 0.2) is 0 Å². The standard InChI is InChI=1S/C17H18FNOS/c18-15-4-1-13(2-5-15)11-19(16-6-7-16)17(20)8-3-14-9-10-21-12-14/h1-2,4-5,9-10,12,16H,3,6-8,11H2. The summed E-state index contributed by atoms with van der Waals surface area (Å²) in [5, 5.41) is 4.13. The first-order chi connectivity index (χ1) is 10.2. The van der Waals surface area contributed by atoms with Gasteiger partial charge in [-0.25, -0.2) is 4.39 Å². The zero-order valence-corrected chi connectivity index (χ0v) is 12.6. The molecule has 0 N–H and O–H groups in total. The molecule has 1 aliphatic rings. The molecule has 1 fully saturated rings. The molecule has 2 nitrogen and oxygen atoms in total. The molecule has 0 radical (unpaired) electrons. The van der Waals surface area contributed by atoms with E-state index in [2.05, 4.69) is 11.4 Å². The van der Waals surface area contributed by atoms with Gasteiger partial charge in [-0.3, -0.25) is 4.79 Å². The molecule has 110 valence electrons. The topological polar surface area (TPSA) is 20.3 Å². The Hall–Kier alpha value is -1.68.